The van der Waals surface area contributed by atoms with Crippen LogP contribution in [0.25, 0.3) is 5.70 Å². The minimum absolute atomic E-state index is 0.0256. The smallest absolute Gasteiger partial charge is 0.320 e. The molecule has 3 rings (SSSR count). The quantitative estimate of drug-likeness (QED) is 0.355. The van der Waals surface area contributed by atoms with Crippen LogP contribution in [0.2, 0.25) is 0 Å². The van der Waals surface area contributed by atoms with Crippen LogP contribution in [0.5, 0.6) is 0 Å². The molecule has 2 aromatic rings. The first-order valence-corrected chi connectivity index (χ1v) is 8.43. The van der Waals surface area contributed by atoms with E-state index in [9.17, 15) is 32.9 Å². The van der Waals surface area contributed by atoms with Crippen molar-refractivity contribution in [2.45, 2.75) is 6.54 Å². The molecule has 2 aromatic carbocycles. The van der Waals surface area contributed by atoms with Gasteiger partial charge >= 0.3 is 5.70 Å². The van der Waals surface area contributed by atoms with E-state index in [1.165, 1.54) is 29.2 Å². The van der Waals surface area contributed by atoms with Crippen LogP contribution >= 0.6 is 0 Å². The number of nitriles is 2. The number of nitro groups is 1. The molecule has 11 heteroatoms. The minimum atomic E-state index is -1.93. The van der Waals surface area contributed by atoms with E-state index in [0.29, 0.717) is 5.56 Å². The van der Waals surface area contributed by atoms with Gasteiger partial charge in [-0.3, -0.25) is 10.1 Å². The SMILES string of the molecule is N#Cc1c(F)c(F)c(/C(=C2/NCCN2Cc2cccc(F)c2)[N+](=O)[O-])c(C#N)c1F. The molecule has 1 aliphatic rings. The monoisotopic (exact) mass is 417 g/mol. The molecule has 1 saturated heterocycles. The molecular formula is C19H11F4N5O2. The van der Waals surface area contributed by atoms with E-state index in [-0.39, 0.29) is 25.5 Å². The van der Waals surface area contributed by atoms with Crippen LogP contribution in [0.15, 0.2) is 30.1 Å². The molecule has 7 nitrogen and oxygen atoms in total. The normalized spacial score (nSPS) is 14.7. The summed E-state index contributed by atoms with van der Waals surface area (Å²) in [6, 6.07) is 7.78. The fourth-order valence-electron chi connectivity index (χ4n) is 3.16. The van der Waals surface area contributed by atoms with Crippen molar-refractivity contribution in [2.75, 3.05) is 13.1 Å². The lowest BCUT2D eigenvalue weighted by atomic mass is 9.99. The summed E-state index contributed by atoms with van der Waals surface area (Å²) in [5.74, 6) is -6.33. The summed E-state index contributed by atoms with van der Waals surface area (Å²) >= 11 is 0. The number of rotatable bonds is 4. The molecule has 0 bridgehead atoms. The fraction of sp³-hybridized carbons (Fsp3) is 0.158. The second-order valence-electron chi connectivity index (χ2n) is 6.22. The molecular weight excluding hydrogens is 406 g/mol. The number of hydrogen-bond acceptors (Lipinski definition) is 6. The highest BCUT2D eigenvalue weighted by atomic mass is 19.2. The first-order valence-electron chi connectivity index (χ1n) is 8.43. The predicted octanol–water partition coefficient (Wildman–Crippen LogP) is 2.99. The van der Waals surface area contributed by atoms with E-state index >= 15 is 0 Å². The van der Waals surface area contributed by atoms with Gasteiger partial charge in [0, 0.05) is 19.6 Å². The summed E-state index contributed by atoms with van der Waals surface area (Å²) in [5, 5.41) is 32.5. The van der Waals surface area contributed by atoms with Crippen molar-refractivity contribution in [3.8, 4) is 12.1 Å². The third kappa shape index (κ3) is 3.49. The molecule has 1 aliphatic heterocycles. The van der Waals surface area contributed by atoms with E-state index in [0.717, 1.165) is 6.07 Å². The van der Waals surface area contributed by atoms with Gasteiger partial charge in [0.05, 0.1) is 4.92 Å². The molecule has 1 heterocycles. The van der Waals surface area contributed by atoms with Gasteiger partial charge in [-0.05, 0) is 17.7 Å². The molecule has 0 aromatic heterocycles. The van der Waals surface area contributed by atoms with Gasteiger partial charge in [0.2, 0.25) is 0 Å². The summed E-state index contributed by atoms with van der Waals surface area (Å²) in [6.07, 6.45) is 0. The number of nitrogens with one attached hydrogen (secondary N) is 1. The second kappa shape index (κ2) is 8.09. The van der Waals surface area contributed by atoms with Crippen molar-refractivity contribution in [2.24, 2.45) is 0 Å². The Morgan fingerprint density at radius 3 is 2.43 bits per heavy atom. The van der Waals surface area contributed by atoms with E-state index in [1.54, 1.807) is 6.07 Å². The Hall–Kier alpha value is -4.12. The Morgan fingerprint density at radius 2 is 1.83 bits per heavy atom. The Morgan fingerprint density at radius 1 is 1.13 bits per heavy atom. The number of hydrogen-bond donors (Lipinski definition) is 1. The molecule has 1 N–H and O–H groups in total. The number of benzene rings is 2. The van der Waals surface area contributed by atoms with Gasteiger partial charge in [0.1, 0.15) is 34.6 Å². The maximum Gasteiger partial charge on any atom is 0.320 e. The zero-order valence-corrected chi connectivity index (χ0v) is 15.0. The second-order valence-corrected chi connectivity index (χ2v) is 6.22. The molecule has 0 atom stereocenters. The van der Waals surface area contributed by atoms with Gasteiger partial charge in [0.25, 0.3) is 0 Å². The highest BCUT2D eigenvalue weighted by Gasteiger charge is 2.37. The molecule has 0 amide bonds. The predicted molar refractivity (Wildman–Crippen MR) is 94.5 cm³/mol. The maximum absolute atomic E-state index is 14.7. The lowest BCUT2D eigenvalue weighted by molar-refractivity contribution is -0.377. The van der Waals surface area contributed by atoms with Crippen LogP contribution in [0.1, 0.15) is 22.3 Å². The van der Waals surface area contributed by atoms with Gasteiger partial charge in [-0.25, -0.2) is 17.6 Å². The third-order valence-electron chi connectivity index (χ3n) is 4.44. The summed E-state index contributed by atoms with van der Waals surface area (Å²) in [6.45, 7) is 0.336. The van der Waals surface area contributed by atoms with Crippen molar-refractivity contribution in [3.05, 3.63) is 85.7 Å². The van der Waals surface area contributed by atoms with E-state index in [1.807, 2.05) is 0 Å². The van der Waals surface area contributed by atoms with Crippen LogP contribution < -0.4 is 5.32 Å². The topological polar surface area (TPSA) is 106 Å². The lowest BCUT2D eigenvalue weighted by Crippen LogP contribution is -2.24. The summed E-state index contributed by atoms with van der Waals surface area (Å²) < 4.78 is 56.7. The number of nitrogens with zero attached hydrogens (tertiary/aromatic N) is 4. The van der Waals surface area contributed by atoms with Gasteiger partial charge in [-0.1, -0.05) is 12.1 Å². The Labute approximate surface area is 167 Å². The van der Waals surface area contributed by atoms with Crippen LogP contribution in [-0.4, -0.2) is 22.9 Å². The zero-order valence-electron chi connectivity index (χ0n) is 15.0. The standard InChI is InChI=1S/C19H11F4N5O2/c20-11-3-1-2-10(6-11)9-27-5-4-26-19(27)18(28(29)30)14-12(7-24)15(21)13(8-25)16(22)17(14)23/h1-3,6,26H,4-5,9H2/b19-18+. The van der Waals surface area contributed by atoms with Crippen molar-refractivity contribution < 1.29 is 22.5 Å². The van der Waals surface area contributed by atoms with Crippen molar-refractivity contribution in [3.63, 3.8) is 0 Å². The highest BCUT2D eigenvalue weighted by molar-refractivity contribution is 5.69. The van der Waals surface area contributed by atoms with E-state index in [2.05, 4.69) is 5.32 Å². The largest absolute Gasteiger partial charge is 0.364 e. The highest BCUT2D eigenvalue weighted by Crippen LogP contribution is 2.33. The molecule has 1 fully saturated rings. The van der Waals surface area contributed by atoms with Crippen LogP contribution in [0.4, 0.5) is 17.6 Å². The van der Waals surface area contributed by atoms with Crippen LogP contribution in [-0.2, 0) is 6.54 Å². The van der Waals surface area contributed by atoms with E-state index < -0.39 is 50.6 Å². The van der Waals surface area contributed by atoms with Crippen molar-refractivity contribution in [1.82, 2.24) is 10.2 Å². The molecule has 0 unspecified atom stereocenters. The van der Waals surface area contributed by atoms with Gasteiger partial charge in [-0.2, -0.15) is 10.5 Å². The molecule has 0 radical (unpaired) electrons. The number of halogens is 4. The summed E-state index contributed by atoms with van der Waals surface area (Å²) in [7, 11) is 0. The zero-order chi connectivity index (χ0) is 22.0. The van der Waals surface area contributed by atoms with Crippen molar-refractivity contribution >= 4 is 5.70 Å². The molecule has 152 valence electrons. The Kier molecular flexibility index (Phi) is 5.56. The molecule has 0 aliphatic carbocycles. The average molecular weight is 417 g/mol. The average Bonchev–Trinajstić information content (AvgIpc) is 3.14. The Bertz CT molecular complexity index is 1170. The first kappa shape index (κ1) is 20.6. The fourth-order valence-corrected chi connectivity index (χ4v) is 3.16. The van der Waals surface area contributed by atoms with Gasteiger partial charge < -0.3 is 10.2 Å². The van der Waals surface area contributed by atoms with Gasteiger partial charge in [-0.15, -0.1) is 0 Å². The van der Waals surface area contributed by atoms with E-state index in [4.69, 9.17) is 5.26 Å². The maximum atomic E-state index is 14.7. The molecule has 30 heavy (non-hydrogen) atoms. The van der Waals surface area contributed by atoms with Gasteiger partial charge in [0.15, 0.2) is 23.3 Å². The Balaban J connectivity index is 2.23. The summed E-state index contributed by atoms with van der Waals surface area (Å²) in [4.78, 5) is 12.1. The van der Waals surface area contributed by atoms with Crippen LogP contribution in [0, 0.1) is 56.0 Å². The molecule has 0 spiro atoms. The third-order valence-corrected chi connectivity index (χ3v) is 4.44. The lowest BCUT2D eigenvalue weighted by Gasteiger charge is -2.19. The first-order chi connectivity index (χ1) is 14.3. The van der Waals surface area contributed by atoms with Crippen molar-refractivity contribution in [1.29, 1.82) is 10.5 Å². The summed E-state index contributed by atoms with van der Waals surface area (Å²) in [5.41, 5.74) is -4.34. The molecule has 0 saturated carbocycles. The van der Waals surface area contributed by atoms with Crippen LogP contribution in [0.3, 0.4) is 0 Å². The minimum Gasteiger partial charge on any atom is -0.364 e.